The van der Waals surface area contributed by atoms with Gasteiger partial charge in [0.1, 0.15) is 5.52 Å². The van der Waals surface area contributed by atoms with Gasteiger partial charge in [0.2, 0.25) is 5.91 Å². The zero-order valence-corrected chi connectivity index (χ0v) is 14.8. The quantitative estimate of drug-likeness (QED) is 0.923. The van der Waals surface area contributed by atoms with Crippen molar-refractivity contribution in [3.8, 4) is 0 Å². The fraction of sp³-hybridized carbons (Fsp3) is 0.579. The number of anilines is 1. The number of likely N-dealkylation sites (tertiary alicyclic amines) is 1. The lowest BCUT2D eigenvalue weighted by Crippen LogP contribution is -2.46. The summed E-state index contributed by atoms with van der Waals surface area (Å²) in [4.78, 5) is 21.8. The number of aromatic nitrogens is 1. The van der Waals surface area contributed by atoms with Crippen LogP contribution >= 0.6 is 0 Å². The standard InChI is InChI=1S/C19H26N4O2/c1-20-13-15-5-4-10-23(15)18(24)14-8-11-22(12-9-14)19-21-16-6-2-3-7-17(16)25-19/h2-3,6-7,14-15,20H,4-5,8-13H2,1H3. The van der Waals surface area contributed by atoms with Crippen LogP contribution in [-0.2, 0) is 4.79 Å². The molecule has 134 valence electrons. The number of fused-ring (bicyclic) bond motifs is 1. The van der Waals surface area contributed by atoms with Crippen LogP contribution in [0.25, 0.3) is 11.1 Å². The lowest BCUT2D eigenvalue weighted by Gasteiger charge is -2.34. The van der Waals surface area contributed by atoms with E-state index in [-0.39, 0.29) is 5.92 Å². The number of oxazole rings is 1. The number of hydrogen-bond acceptors (Lipinski definition) is 5. The summed E-state index contributed by atoms with van der Waals surface area (Å²) in [6.07, 6.45) is 3.99. The van der Waals surface area contributed by atoms with Crippen LogP contribution < -0.4 is 10.2 Å². The van der Waals surface area contributed by atoms with E-state index in [4.69, 9.17) is 4.42 Å². The molecule has 2 saturated heterocycles. The summed E-state index contributed by atoms with van der Waals surface area (Å²) >= 11 is 0. The molecule has 25 heavy (non-hydrogen) atoms. The molecule has 0 radical (unpaired) electrons. The fourth-order valence-electron chi connectivity index (χ4n) is 4.12. The number of nitrogens with zero attached hydrogens (tertiary/aromatic N) is 3. The van der Waals surface area contributed by atoms with Gasteiger partial charge in [-0.1, -0.05) is 12.1 Å². The van der Waals surface area contributed by atoms with Crippen LogP contribution in [0.15, 0.2) is 28.7 Å². The third-order valence-corrected chi connectivity index (χ3v) is 5.50. The van der Waals surface area contributed by atoms with Crippen LogP contribution in [0.2, 0.25) is 0 Å². The number of hydrogen-bond donors (Lipinski definition) is 1. The second kappa shape index (κ2) is 7.04. The van der Waals surface area contributed by atoms with Gasteiger partial charge in [-0.25, -0.2) is 0 Å². The topological polar surface area (TPSA) is 61.6 Å². The Morgan fingerprint density at radius 2 is 2.04 bits per heavy atom. The van der Waals surface area contributed by atoms with Crippen molar-refractivity contribution in [2.75, 3.05) is 38.1 Å². The van der Waals surface area contributed by atoms with Crippen molar-refractivity contribution in [3.63, 3.8) is 0 Å². The van der Waals surface area contributed by atoms with Gasteiger partial charge >= 0.3 is 0 Å². The third-order valence-electron chi connectivity index (χ3n) is 5.50. The van der Waals surface area contributed by atoms with Crippen molar-refractivity contribution < 1.29 is 9.21 Å². The summed E-state index contributed by atoms with van der Waals surface area (Å²) in [5, 5.41) is 3.22. The van der Waals surface area contributed by atoms with Crippen molar-refractivity contribution in [1.29, 1.82) is 0 Å². The molecule has 2 aliphatic heterocycles. The first-order chi connectivity index (χ1) is 12.3. The van der Waals surface area contributed by atoms with Gasteiger partial charge in [0.05, 0.1) is 0 Å². The molecule has 0 bridgehead atoms. The molecule has 0 spiro atoms. The van der Waals surface area contributed by atoms with Crippen LogP contribution in [0.1, 0.15) is 25.7 Å². The maximum atomic E-state index is 12.9. The number of carbonyl (C=O) groups is 1. The van der Waals surface area contributed by atoms with Gasteiger partial charge in [-0.2, -0.15) is 4.98 Å². The number of para-hydroxylation sites is 2. The monoisotopic (exact) mass is 342 g/mol. The molecule has 1 amide bonds. The van der Waals surface area contributed by atoms with Gasteiger partial charge in [0, 0.05) is 38.1 Å². The Morgan fingerprint density at radius 1 is 1.24 bits per heavy atom. The summed E-state index contributed by atoms with van der Waals surface area (Å²) in [5.74, 6) is 0.480. The lowest BCUT2D eigenvalue weighted by molar-refractivity contribution is -0.137. The highest BCUT2D eigenvalue weighted by Gasteiger charge is 2.35. The Hall–Kier alpha value is -2.08. The van der Waals surface area contributed by atoms with Gasteiger partial charge < -0.3 is 19.5 Å². The molecule has 0 saturated carbocycles. The average molecular weight is 342 g/mol. The molecule has 1 unspecified atom stereocenters. The van der Waals surface area contributed by atoms with Gasteiger partial charge in [-0.3, -0.25) is 4.79 Å². The highest BCUT2D eigenvalue weighted by Crippen LogP contribution is 2.29. The molecule has 2 aliphatic rings. The number of benzene rings is 1. The number of likely N-dealkylation sites (N-methyl/N-ethyl adjacent to an activating group) is 1. The fourth-order valence-corrected chi connectivity index (χ4v) is 4.12. The molecule has 1 atom stereocenters. The van der Waals surface area contributed by atoms with E-state index in [0.717, 1.165) is 63.0 Å². The molecule has 1 aromatic heterocycles. The molecule has 0 aliphatic carbocycles. The van der Waals surface area contributed by atoms with E-state index < -0.39 is 0 Å². The van der Waals surface area contributed by atoms with E-state index in [1.165, 1.54) is 0 Å². The third kappa shape index (κ3) is 3.23. The molecule has 6 nitrogen and oxygen atoms in total. The summed E-state index contributed by atoms with van der Waals surface area (Å²) in [5.41, 5.74) is 1.71. The number of carbonyl (C=O) groups excluding carboxylic acids is 1. The minimum Gasteiger partial charge on any atom is -0.423 e. The Bertz CT molecular complexity index is 703. The number of nitrogens with one attached hydrogen (secondary N) is 1. The first kappa shape index (κ1) is 16.4. The molecule has 2 fully saturated rings. The van der Waals surface area contributed by atoms with Crippen LogP contribution in [0.3, 0.4) is 0 Å². The highest BCUT2D eigenvalue weighted by atomic mass is 16.4. The second-order valence-electron chi connectivity index (χ2n) is 7.11. The van der Waals surface area contributed by atoms with Crippen LogP contribution in [-0.4, -0.2) is 55.1 Å². The largest absolute Gasteiger partial charge is 0.423 e. The summed E-state index contributed by atoms with van der Waals surface area (Å²) in [7, 11) is 1.96. The SMILES string of the molecule is CNCC1CCCN1C(=O)C1CCN(c2nc3ccccc3o2)CC1. The maximum absolute atomic E-state index is 12.9. The van der Waals surface area contributed by atoms with Gasteiger partial charge in [-0.05, 0) is 44.9 Å². The zero-order valence-electron chi connectivity index (χ0n) is 14.8. The number of amides is 1. The first-order valence-corrected chi connectivity index (χ1v) is 9.32. The summed E-state index contributed by atoms with van der Waals surface area (Å²) < 4.78 is 5.86. The summed E-state index contributed by atoms with van der Waals surface area (Å²) in [6.45, 7) is 3.46. The van der Waals surface area contributed by atoms with Crippen molar-refractivity contribution in [2.24, 2.45) is 5.92 Å². The van der Waals surface area contributed by atoms with E-state index in [1.807, 2.05) is 31.3 Å². The molecule has 4 rings (SSSR count). The molecular weight excluding hydrogens is 316 g/mol. The molecule has 1 aromatic carbocycles. The number of rotatable bonds is 4. The lowest BCUT2D eigenvalue weighted by atomic mass is 9.95. The molecule has 6 heteroatoms. The number of piperidine rings is 1. The van der Waals surface area contributed by atoms with Gasteiger partial charge in [0.15, 0.2) is 5.58 Å². The maximum Gasteiger partial charge on any atom is 0.298 e. The van der Waals surface area contributed by atoms with Gasteiger partial charge in [-0.15, -0.1) is 0 Å². The smallest absolute Gasteiger partial charge is 0.298 e. The predicted octanol–water partition coefficient (Wildman–Crippen LogP) is 2.25. The van der Waals surface area contributed by atoms with E-state index in [2.05, 4.69) is 20.1 Å². The van der Waals surface area contributed by atoms with E-state index in [1.54, 1.807) is 0 Å². The minimum atomic E-state index is 0.137. The van der Waals surface area contributed by atoms with E-state index in [0.29, 0.717) is 18.0 Å². The van der Waals surface area contributed by atoms with Gasteiger partial charge in [0.25, 0.3) is 6.01 Å². The second-order valence-corrected chi connectivity index (χ2v) is 7.11. The normalized spacial score (nSPS) is 22.0. The van der Waals surface area contributed by atoms with Crippen LogP contribution in [0, 0.1) is 5.92 Å². The Morgan fingerprint density at radius 3 is 2.80 bits per heavy atom. The summed E-state index contributed by atoms with van der Waals surface area (Å²) in [6, 6.07) is 8.89. The molecular formula is C19H26N4O2. The van der Waals surface area contributed by atoms with Crippen LogP contribution in [0.5, 0.6) is 0 Å². The highest BCUT2D eigenvalue weighted by molar-refractivity contribution is 5.80. The average Bonchev–Trinajstić information content (AvgIpc) is 3.28. The van der Waals surface area contributed by atoms with Crippen LogP contribution in [0.4, 0.5) is 6.01 Å². The van der Waals surface area contributed by atoms with Crippen molar-refractivity contribution in [1.82, 2.24) is 15.2 Å². The molecule has 3 heterocycles. The van der Waals surface area contributed by atoms with Crippen molar-refractivity contribution >= 4 is 23.0 Å². The van der Waals surface area contributed by atoms with Crippen molar-refractivity contribution in [3.05, 3.63) is 24.3 Å². The minimum absolute atomic E-state index is 0.137. The Kier molecular flexibility index (Phi) is 4.61. The zero-order chi connectivity index (χ0) is 17.2. The molecule has 1 N–H and O–H groups in total. The predicted molar refractivity (Wildman–Crippen MR) is 97.6 cm³/mol. The van der Waals surface area contributed by atoms with E-state index >= 15 is 0 Å². The first-order valence-electron chi connectivity index (χ1n) is 9.32. The van der Waals surface area contributed by atoms with E-state index in [9.17, 15) is 4.79 Å². The van der Waals surface area contributed by atoms with Crippen molar-refractivity contribution in [2.45, 2.75) is 31.7 Å². The Balaban J connectivity index is 1.38. The molecule has 2 aromatic rings. The Labute approximate surface area is 148 Å².